The van der Waals surface area contributed by atoms with Crippen molar-refractivity contribution in [2.24, 2.45) is 0 Å². The Balaban J connectivity index is 2.17. The van der Waals surface area contributed by atoms with E-state index in [4.69, 9.17) is 5.73 Å². The maximum Gasteiger partial charge on any atom is 0.275 e. The summed E-state index contributed by atoms with van der Waals surface area (Å²) in [6.45, 7) is 4.21. The Bertz CT molecular complexity index is 560. The van der Waals surface area contributed by atoms with Crippen LogP contribution in [0.3, 0.4) is 0 Å². The van der Waals surface area contributed by atoms with Crippen LogP contribution >= 0.6 is 0 Å². The molecular weight excluding hydrogens is 228 g/mol. The van der Waals surface area contributed by atoms with Gasteiger partial charge in [0.25, 0.3) is 5.91 Å². The third kappa shape index (κ3) is 2.51. The van der Waals surface area contributed by atoms with E-state index in [2.05, 4.69) is 29.4 Å². The molecule has 0 saturated carbocycles. The van der Waals surface area contributed by atoms with Gasteiger partial charge in [-0.1, -0.05) is 26.0 Å². The first-order valence-corrected chi connectivity index (χ1v) is 5.78. The van der Waals surface area contributed by atoms with Gasteiger partial charge in [0.05, 0.1) is 11.9 Å². The van der Waals surface area contributed by atoms with Crippen LogP contribution in [0.25, 0.3) is 0 Å². The van der Waals surface area contributed by atoms with E-state index in [0.717, 1.165) is 5.69 Å². The van der Waals surface area contributed by atoms with Gasteiger partial charge in [0.2, 0.25) is 0 Å². The van der Waals surface area contributed by atoms with Gasteiger partial charge in [-0.25, -0.2) is 0 Å². The molecule has 4 N–H and O–H groups in total. The molecule has 0 spiro atoms. The zero-order chi connectivity index (χ0) is 13.1. The van der Waals surface area contributed by atoms with Gasteiger partial charge in [-0.05, 0) is 23.6 Å². The largest absolute Gasteiger partial charge is 0.396 e. The van der Waals surface area contributed by atoms with E-state index in [1.807, 2.05) is 24.3 Å². The first kappa shape index (κ1) is 12.2. The zero-order valence-corrected chi connectivity index (χ0v) is 10.4. The summed E-state index contributed by atoms with van der Waals surface area (Å²) in [5, 5.41) is 9.09. The number of nitrogens with two attached hydrogens (primary N) is 1. The number of nitrogen functional groups attached to an aromatic ring is 1. The van der Waals surface area contributed by atoms with Crippen molar-refractivity contribution in [1.82, 2.24) is 10.2 Å². The molecule has 5 heteroatoms. The van der Waals surface area contributed by atoms with Crippen LogP contribution in [-0.2, 0) is 0 Å². The molecule has 5 nitrogen and oxygen atoms in total. The highest BCUT2D eigenvalue weighted by Gasteiger charge is 2.12. The maximum atomic E-state index is 11.9. The number of nitrogens with zero attached hydrogens (tertiary/aromatic N) is 1. The van der Waals surface area contributed by atoms with Crippen molar-refractivity contribution in [2.45, 2.75) is 19.8 Å². The summed E-state index contributed by atoms with van der Waals surface area (Å²) in [4.78, 5) is 11.9. The van der Waals surface area contributed by atoms with Crippen LogP contribution in [0.5, 0.6) is 0 Å². The second kappa shape index (κ2) is 4.91. The minimum Gasteiger partial charge on any atom is -0.396 e. The Morgan fingerprint density at radius 2 is 2.22 bits per heavy atom. The number of amides is 1. The van der Waals surface area contributed by atoms with Gasteiger partial charge in [0, 0.05) is 5.69 Å². The van der Waals surface area contributed by atoms with Crippen molar-refractivity contribution < 1.29 is 4.79 Å². The van der Waals surface area contributed by atoms with E-state index in [9.17, 15) is 4.79 Å². The predicted molar refractivity (Wildman–Crippen MR) is 71.5 cm³/mol. The Labute approximate surface area is 105 Å². The summed E-state index contributed by atoms with van der Waals surface area (Å²) in [7, 11) is 0. The highest BCUT2D eigenvalue weighted by Crippen LogP contribution is 2.19. The maximum absolute atomic E-state index is 11.9. The van der Waals surface area contributed by atoms with Gasteiger partial charge < -0.3 is 11.1 Å². The van der Waals surface area contributed by atoms with Crippen molar-refractivity contribution in [3.8, 4) is 0 Å². The second-order valence-electron chi connectivity index (χ2n) is 4.43. The van der Waals surface area contributed by atoms with Crippen LogP contribution in [0, 0.1) is 0 Å². The lowest BCUT2D eigenvalue weighted by Gasteiger charge is -2.09. The fourth-order valence-electron chi connectivity index (χ4n) is 1.65. The summed E-state index contributed by atoms with van der Waals surface area (Å²) in [6.07, 6.45) is 1.42. The van der Waals surface area contributed by atoms with Crippen LogP contribution in [0.2, 0.25) is 0 Å². The topological polar surface area (TPSA) is 83.8 Å². The van der Waals surface area contributed by atoms with Crippen molar-refractivity contribution in [3.05, 3.63) is 41.7 Å². The van der Waals surface area contributed by atoms with Crippen LogP contribution in [-0.4, -0.2) is 16.1 Å². The molecule has 0 radical (unpaired) electrons. The number of aromatic amines is 1. The molecule has 1 heterocycles. The number of benzene rings is 1. The van der Waals surface area contributed by atoms with E-state index < -0.39 is 0 Å². The zero-order valence-electron chi connectivity index (χ0n) is 10.4. The number of nitrogens with one attached hydrogen (secondary N) is 2. The number of carbonyl (C=O) groups excluding carboxylic acids is 1. The van der Waals surface area contributed by atoms with E-state index in [1.165, 1.54) is 11.8 Å². The van der Waals surface area contributed by atoms with Crippen LogP contribution in [0.1, 0.15) is 35.8 Å². The SMILES string of the molecule is CC(C)c1cccc(NC(=O)c2[nH]ncc2N)c1. The summed E-state index contributed by atoms with van der Waals surface area (Å²) >= 11 is 0. The van der Waals surface area contributed by atoms with Crippen molar-refractivity contribution >= 4 is 17.3 Å². The molecular formula is C13H16N4O. The van der Waals surface area contributed by atoms with Crippen molar-refractivity contribution in [3.63, 3.8) is 0 Å². The lowest BCUT2D eigenvalue weighted by molar-refractivity contribution is 0.102. The third-order valence-electron chi connectivity index (χ3n) is 2.71. The molecule has 1 aromatic heterocycles. The Hall–Kier alpha value is -2.30. The molecule has 18 heavy (non-hydrogen) atoms. The first-order chi connectivity index (χ1) is 8.58. The number of hydrogen-bond acceptors (Lipinski definition) is 3. The minimum absolute atomic E-state index is 0.282. The molecule has 0 aliphatic heterocycles. The number of H-pyrrole nitrogens is 1. The Morgan fingerprint density at radius 1 is 1.44 bits per heavy atom. The number of carbonyl (C=O) groups is 1. The van der Waals surface area contributed by atoms with Crippen LogP contribution < -0.4 is 11.1 Å². The summed E-state index contributed by atoms with van der Waals surface area (Å²) in [5.41, 5.74) is 8.16. The quantitative estimate of drug-likeness (QED) is 0.775. The van der Waals surface area contributed by atoms with Gasteiger partial charge in [0.15, 0.2) is 0 Å². The molecule has 2 aromatic rings. The smallest absolute Gasteiger partial charge is 0.275 e. The molecule has 0 aliphatic carbocycles. The van der Waals surface area contributed by atoms with Gasteiger partial charge in [-0.15, -0.1) is 0 Å². The van der Waals surface area contributed by atoms with E-state index in [-0.39, 0.29) is 11.6 Å². The van der Waals surface area contributed by atoms with E-state index in [0.29, 0.717) is 11.6 Å². The van der Waals surface area contributed by atoms with Crippen molar-refractivity contribution in [2.75, 3.05) is 11.1 Å². The monoisotopic (exact) mass is 244 g/mol. The van der Waals surface area contributed by atoms with E-state index in [1.54, 1.807) is 0 Å². The second-order valence-corrected chi connectivity index (χ2v) is 4.43. The normalized spacial score (nSPS) is 10.6. The lowest BCUT2D eigenvalue weighted by atomic mass is 10.0. The summed E-state index contributed by atoms with van der Waals surface area (Å²) in [5.74, 6) is 0.130. The number of rotatable bonds is 3. The standard InChI is InChI=1S/C13H16N4O/c1-8(2)9-4-3-5-10(6-9)16-13(18)12-11(14)7-15-17-12/h3-8H,14H2,1-2H3,(H,15,17)(H,16,18). The first-order valence-electron chi connectivity index (χ1n) is 5.78. The average Bonchev–Trinajstić information content (AvgIpc) is 2.76. The molecule has 0 atom stereocenters. The minimum atomic E-state index is -0.286. The van der Waals surface area contributed by atoms with Crippen LogP contribution in [0.15, 0.2) is 30.5 Å². The molecule has 0 unspecified atom stereocenters. The van der Waals surface area contributed by atoms with Gasteiger partial charge in [-0.3, -0.25) is 9.89 Å². The highest BCUT2D eigenvalue weighted by molar-refractivity contribution is 6.06. The predicted octanol–water partition coefficient (Wildman–Crippen LogP) is 2.37. The molecule has 1 aromatic carbocycles. The summed E-state index contributed by atoms with van der Waals surface area (Å²) < 4.78 is 0. The molecule has 0 bridgehead atoms. The average molecular weight is 244 g/mol. The van der Waals surface area contributed by atoms with Crippen molar-refractivity contribution in [1.29, 1.82) is 0 Å². The number of hydrogen-bond donors (Lipinski definition) is 3. The molecule has 2 rings (SSSR count). The number of aromatic nitrogens is 2. The highest BCUT2D eigenvalue weighted by atomic mass is 16.1. The van der Waals surface area contributed by atoms with Gasteiger partial charge in [0.1, 0.15) is 5.69 Å². The van der Waals surface area contributed by atoms with Crippen LogP contribution in [0.4, 0.5) is 11.4 Å². The van der Waals surface area contributed by atoms with Gasteiger partial charge in [-0.2, -0.15) is 5.10 Å². The fraction of sp³-hybridized carbons (Fsp3) is 0.231. The molecule has 94 valence electrons. The summed E-state index contributed by atoms with van der Waals surface area (Å²) in [6, 6.07) is 7.75. The number of anilines is 2. The van der Waals surface area contributed by atoms with Gasteiger partial charge >= 0.3 is 0 Å². The third-order valence-corrected chi connectivity index (χ3v) is 2.71. The Kier molecular flexibility index (Phi) is 3.32. The molecule has 0 saturated heterocycles. The molecule has 0 fully saturated rings. The molecule has 0 aliphatic rings. The fourth-order valence-corrected chi connectivity index (χ4v) is 1.65. The van der Waals surface area contributed by atoms with E-state index >= 15 is 0 Å². The Morgan fingerprint density at radius 3 is 2.83 bits per heavy atom. The lowest BCUT2D eigenvalue weighted by Crippen LogP contribution is -2.14. The molecule has 1 amide bonds.